The predicted octanol–water partition coefficient (Wildman–Crippen LogP) is 1.04. The monoisotopic (exact) mass is 210 g/mol. The van der Waals surface area contributed by atoms with Crippen molar-refractivity contribution in [1.29, 1.82) is 0 Å². The van der Waals surface area contributed by atoms with E-state index in [1.807, 2.05) is 13.8 Å². The number of anilines is 2. The molecule has 0 spiro atoms. The van der Waals surface area contributed by atoms with Gasteiger partial charge in [0.05, 0.1) is 6.20 Å². The van der Waals surface area contributed by atoms with E-state index in [0.29, 0.717) is 24.7 Å². The highest BCUT2D eigenvalue weighted by molar-refractivity contribution is 5.91. The molecular formula is C9H14N4O2. The maximum atomic E-state index is 10.8. The summed E-state index contributed by atoms with van der Waals surface area (Å²) in [5.74, 6) is -0.219. The lowest BCUT2D eigenvalue weighted by molar-refractivity contribution is 0.0691. The molecule has 15 heavy (non-hydrogen) atoms. The van der Waals surface area contributed by atoms with E-state index in [1.165, 1.54) is 6.20 Å². The van der Waals surface area contributed by atoms with Gasteiger partial charge in [0, 0.05) is 13.1 Å². The first-order valence-corrected chi connectivity index (χ1v) is 4.77. The molecule has 82 valence electrons. The van der Waals surface area contributed by atoms with Gasteiger partial charge in [0.15, 0.2) is 11.5 Å². The van der Waals surface area contributed by atoms with Gasteiger partial charge in [0.2, 0.25) is 0 Å². The number of carbonyl (C=O) groups is 1. The lowest BCUT2D eigenvalue weighted by Gasteiger charge is -2.08. The summed E-state index contributed by atoms with van der Waals surface area (Å²) in [7, 11) is 0. The third-order valence-electron chi connectivity index (χ3n) is 1.68. The molecule has 1 aromatic rings. The molecule has 0 fully saturated rings. The van der Waals surface area contributed by atoms with E-state index in [4.69, 9.17) is 5.11 Å². The normalized spacial score (nSPS) is 9.73. The molecule has 0 radical (unpaired) electrons. The number of hydrogen-bond acceptors (Lipinski definition) is 5. The Morgan fingerprint density at radius 1 is 1.40 bits per heavy atom. The molecule has 0 bridgehead atoms. The maximum absolute atomic E-state index is 10.8. The van der Waals surface area contributed by atoms with Crippen LogP contribution in [0, 0.1) is 0 Å². The first kappa shape index (κ1) is 11.2. The van der Waals surface area contributed by atoms with Crippen molar-refractivity contribution in [1.82, 2.24) is 9.97 Å². The van der Waals surface area contributed by atoms with Crippen molar-refractivity contribution in [2.45, 2.75) is 13.8 Å². The van der Waals surface area contributed by atoms with Crippen molar-refractivity contribution in [2.75, 3.05) is 23.7 Å². The van der Waals surface area contributed by atoms with E-state index in [9.17, 15) is 4.79 Å². The Labute approximate surface area is 87.8 Å². The summed E-state index contributed by atoms with van der Waals surface area (Å²) in [6.45, 7) is 5.12. The Kier molecular flexibility index (Phi) is 3.84. The van der Waals surface area contributed by atoms with Crippen LogP contribution >= 0.6 is 0 Å². The number of aromatic carboxylic acids is 1. The third kappa shape index (κ3) is 2.80. The van der Waals surface area contributed by atoms with E-state index >= 15 is 0 Å². The van der Waals surface area contributed by atoms with Gasteiger partial charge in [-0.2, -0.15) is 0 Å². The van der Waals surface area contributed by atoms with Gasteiger partial charge < -0.3 is 15.7 Å². The minimum Gasteiger partial charge on any atom is -0.476 e. The number of hydrogen-bond donors (Lipinski definition) is 3. The number of aromatic nitrogens is 2. The topological polar surface area (TPSA) is 87.1 Å². The van der Waals surface area contributed by atoms with Gasteiger partial charge in [-0.25, -0.2) is 14.8 Å². The molecule has 0 aromatic carbocycles. The molecule has 0 aliphatic carbocycles. The first-order valence-electron chi connectivity index (χ1n) is 4.77. The van der Waals surface area contributed by atoms with Gasteiger partial charge in [-0.1, -0.05) is 0 Å². The Morgan fingerprint density at radius 2 is 2.07 bits per heavy atom. The van der Waals surface area contributed by atoms with Crippen molar-refractivity contribution in [3.8, 4) is 0 Å². The van der Waals surface area contributed by atoms with Crippen LogP contribution in [0.25, 0.3) is 0 Å². The zero-order valence-corrected chi connectivity index (χ0v) is 8.74. The number of carboxylic acids is 1. The highest BCUT2D eigenvalue weighted by Crippen LogP contribution is 2.12. The Hall–Kier alpha value is -1.85. The second-order valence-corrected chi connectivity index (χ2v) is 2.82. The van der Waals surface area contributed by atoms with E-state index in [2.05, 4.69) is 20.6 Å². The molecule has 3 N–H and O–H groups in total. The molecule has 6 heteroatoms. The largest absolute Gasteiger partial charge is 0.476 e. The molecule has 0 aliphatic heterocycles. The molecule has 1 aromatic heterocycles. The fourth-order valence-electron chi connectivity index (χ4n) is 1.10. The van der Waals surface area contributed by atoms with E-state index < -0.39 is 5.97 Å². The number of carboxylic acid groups (broad SMARTS) is 1. The van der Waals surface area contributed by atoms with Gasteiger partial charge >= 0.3 is 5.97 Å². The second-order valence-electron chi connectivity index (χ2n) is 2.82. The van der Waals surface area contributed by atoms with Crippen LogP contribution in [0.4, 0.5) is 11.6 Å². The zero-order chi connectivity index (χ0) is 11.3. The van der Waals surface area contributed by atoms with Gasteiger partial charge in [0.1, 0.15) is 5.82 Å². The van der Waals surface area contributed by atoms with E-state index in [1.54, 1.807) is 0 Å². The quantitative estimate of drug-likeness (QED) is 0.673. The predicted molar refractivity (Wildman–Crippen MR) is 57.3 cm³/mol. The Bertz CT molecular complexity index is 354. The van der Waals surface area contributed by atoms with Crippen LogP contribution in [0.3, 0.4) is 0 Å². The highest BCUT2D eigenvalue weighted by Gasteiger charge is 2.13. The highest BCUT2D eigenvalue weighted by atomic mass is 16.4. The minimum absolute atomic E-state index is 0.0569. The molecule has 1 rings (SSSR count). The van der Waals surface area contributed by atoms with Gasteiger partial charge in [0.25, 0.3) is 0 Å². The minimum atomic E-state index is -1.08. The van der Waals surface area contributed by atoms with Crippen molar-refractivity contribution in [3.05, 3.63) is 11.9 Å². The van der Waals surface area contributed by atoms with Crippen LogP contribution in [0.5, 0.6) is 0 Å². The summed E-state index contributed by atoms with van der Waals surface area (Å²) in [5, 5.41) is 14.7. The molecule has 0 aliphatic rings. The van der Waals surface area contributed by atoms with Gasteiger partial charge in [-0.15, -0.1) is 0 Å². The molecule has 0 saturated carbocycles. The van der Waals surface area contributed by atoms with Crippen molar-refractivity contribution in [2.24, 2.45) is 0 Å². The lowest BCUT2D eigenvalue weighted by Crippen LogP contribution is -2.12. The fraction of sp³-hybridized carbons (Fsp3) is 0.444. The molecule has 0 saturated heterocycles. The number of nitrogens with one attached hydrogen (secondary N) is 2. The number of nitrogens with zero attached hydrogens (tertiary/aromatic N) is 2. The zero-order valence-electron chi connectivity index (χ0n) is 8.74. The van der Waals surface area contributed by atoms with E-state index in [-0.39, 0.29) is 5.69 Å². The molecule has 0 atom stereocenters. The van der Waals surface area contributed by atoms with Gasteiger partial charge in [-0.05, 0) is 13.8 Å². The maximum Gasteiger partial charge on any atom is 0.358 e. The van der Waals surface area contributed by atoms with Crippen LogP contribution in [-0.2, 0) is 0 Å². The summed E-state index contributed by atoms with van der Waals surface area (Å²) < 4.78 is 0. The summed E-state index contributed by atoms with van der Waals surface area (Å²) in [5.41, 5.74) is -0.0569. The van der Waals surface area contributed by atoms with Crippen LogP contribution in [0.2, 0.25) is 0 Å². The van der Waals surface area contributed by atoms with Crippen LogP contribution in [0.15, 0.2) is 6.20 Å². The number of rotatable bonds is 5. The summed E-state index contributed by atoms with van der Waals surface area (Å²) in [6, 6.07) is 0. The summed E-state index contributed by atoms with van der Waals surface area (Å²) in [6.07, 6.45) is 1.41. The molecule has 0 amide bonds. The lowest BCUT2D eigenvalue weighted by atomic mass is 10.4. The summed E-state index contributed by atoms with van der Waals surface area (Å²) >= 11 is 0. The van der Waals surface area contributed by atoms with E-state index in [0.717, 1.165) is 0 Å². The van der Waals surface area contributed by atoms with Gasteiger partial charge in [-0.3, -0.25) is 0 Å². The molecular weight excluding hydrogens is 196 g/mol. The average molecular weight is 210 g/mol. The smallest absolute Gasteiger partial charge is 0.358 e. The summed E-state index contributed by atoms with van der Waals surface area (Å²) in [4.78, 5) is 18.7. The third-order valence-corrected chi connectivity index (χ3v) is 1.68. The van der Waals surface area contributed by atoms with Crippen molar-refractivity contribution >= 4 is 17.6 Å². The molecule has 1 heterocycles. The average Bonchev–Trinajstić information content (AvgIpc) is 2.18. The SMILES string of the molecule is CCNc1cnc(C(=O)O)c(NCC)n1. The Morgan fingerprint density at radius 3 is 2.60 bits per heavy atom. The second kappa shape index (κ2) is 5.14. The fourth-order valence-corrected chi connectivity index (χ4v) is 1.10. The van der Waals surface area contributed by atoms with Crippen molar-refractivity contribution in [3.63, 3.8) is 0 Å². The van der Waals surface area contributed by atoms with Crippen LogP contribution in [0.1, 0.15) is 24.3 Å². The molecule has 0 unspecified atom stereocenters. The van der Waals surface area contributed by atoms with Crippen LogP contribution in [-0.4, -0.2) is 34.1 Å². The first-order chi connectivity index (χ1) is 7.19. The van der Waals surface area contributed by atoms with Crippen molar-refractivity contribution < 1.29 is 9.90 Å². The standard InChI is InChI=1S/C9H14N4O2/c1-3-10-6-5-12-7(9(14)15)8(13-6)11-4-2/h5H,3-4H2,1-2H3,(H,14,15)(H2,10,11,13). The Balaban J connectivity index is 3.03. The van der Waals surface area contributed by atoms with Crippen LogP contribution < -0.4 is 10.6 Å². The molecule has 6 nitrogen and oxygen atoms in total.